The third kappa shape index (κ3) is 36.7. The smallest absolute Gasteiger partial charge is 0.462 e. The molecule has 0 aliphatic carbocycles. The van der Waals surface area contributed by atoms with Crippen LogP contribution in [0.4, 0.5) is 0 Å². The average Bonchev–Trinajstić information content (AvgIpc) is 3.00. The van der Waals surface area contributed by atoms with Crippen LogP contribution in [0.1, 0.15) is 143 Å². The Morgan fingerprint density at radius 1 is 0.617 bits per heavy atom. The van der Waals surface area contributed by atoms with E-state index >= 15 is 0 Å². The fourth-order valence-corrected chi connectivity index (χ4v) is 4.99. The van der Waals surface area contributed by atoms with Crippen LogP contribution in [0.3, 0.4) is 0 Å². The van der Waals surface area contributed by atoms with Gasteiger partial charge in [0.1, 0.15) is 6.61 Å². The van der Waals surface area contributed by atoms with Crippen molar-refractivity contribution < 1.29 is 43.0 Å². The first-order chi connectivity index (χ1) is 22.5. The van der Waals surface area contributed by atoms with Crippen molar-refractivity contribution in [3.63, 3.8) is 0 Å². The van der Waals surface area contributed by atoms with Gasteiger partial charge in [0.05, 0.1) is 12.7 Å². The van der Waals surface area contributed by atoms with E-state index in [9.17, 15) is 19.3 Å². The summed E-state index contributed by atoms with van der Waals surface area (Å²) in [5.74, 6) is -0.212. The minimum Gasteiger partial charge on any atom is -0.462 e. The number of hydrogen-bond donors (Lipinski definition) is 3. The summed E-state index contributed by atoms with van der Waals surface area (Å²) in [5, 5.41) is 9.23. The molecule has 0 unspecified atom stereocenters. The Hall–Kier alpha value is -2.03. The van der Waals surface area contributed by atoms with Crippen molar-refractivity contribution in [3.05, 3.63) is 48.6 Å². The predicted molar refractivity (Wildman–Crippen MR) is 190 cm³/mol. The van der Waals surface area contributed by atoms with Gasteiger partial charge in [0, 0.05) is 12.8 Å². The summed E-state index contributed by atoms with van der Waals surface area (Å²) in [6.45, 7) is 5.43. The van der Waals surface area contributed by atoms with Gasteiger partial charge in [-0.3, -0.25) is 14.1 Å². The Bertz CT molecular complexity index is 934. The van der Waals surface area contributed by atoms with Crippen molar-refractivity contribution in [3.8, 4) is 0 Å². The lowest BCUT2D eigenvalue weighted by Gasteiger charge is -2.18. The van der Waals surface area contributed by atoms with Crippen molar-refractivity contribution >= 4 is 19.8 Å². The van der Waals surface area contributed by atoms with Crippen LogP contribution >= 0.6 is 7.82 Å². The van der Waals surface area contributed by atoms with Gasteiger partial charge in [0.15, 0.2) is 6.10 Å². The third-order valence-corrected chi connectivity index (χ3v) is 7.78. The highest BCUT2D eigenvalue weighted by Gasteiger charge is 2.22. The molecule has 0 saturated carbocycles. The van der Waals surface area contributed by atoms with Gasteiger partial charge in [0.25, 0.3) is 0 Å². The standard InChI is InChI=1S/C37H65O9P/c1-33(2)27-23-19-15-13-14-18-22-26-30-37(40)46-35(32-45-47(41,42)43)31-44-36(39)29-25-21-17-12-10-8-6-4-5-7-9-11-16-20-24-28-34(3)38/h5-8,11-12,16-17,33-35,38H,4,9-10,13-15,18-32H2,1-3H3,(H2,41,42,43)/b7-5-,8-6-,16-11-,17-12-/t34-,35-/m1/s1. The van der Waals surface area contributed by atoms with E-state index in [1.807, 2.05) is 19.1 Å². The minimum absolute atomic E-state index is 0.178. The topological polar surface area (TPSA) is 140 Å². The molecule has 0 fully saturated rings. The number of hydrogen-bond acceptors (Lipinski definition) is 7. The molecule has 0 bridgehead atoms. The molecule has 0 aliphatic heterocycles. The fraction of sp³-hybridized carbons (Fsp3) is 0.730. The molecule has 0 radical (unpaired) electrons. The van der Waals surface area contributed by atoms with Crippen LogP contribution in [0.15, 0.2) is 48.6 Å². The molecule has 9 nitrogen and oxygen atoms in total. The zero-order valence-corrected chi connectivity index (χ0v) is 30.3. The molecule has 0 aromatic rings. The Labute approximate surface area is 285 Å². The van der Waals surface area contributed by atoms with Gasteiger partial charge in [-0.2, -0.15) is 0 Å². The van der Waals surface area contributed by atoms with E-state index in [1.165, 1.54) is 32.1 Å². The lowest BCUT2D eigenvalue weighted by molar-refractivity contribution is -0.161. The molecule has 272 valence electrons. The Kier molecular flexibility index (Phi) is 29.9. The zero-order valence-electron chi connectivity index (χ0n) is 29.4. The molecule has 10 heteroatoms. The first-order valence-electron chi connectivity index (χ1n) is 17.8. The number of rotatable bonds is 31. The molecule has 0 saturated heterocycles. The first-order valence-corrected chi connectivity index (χ1v) is 19.4. The summed E-state index contributed by atoms with van der Waals surface area (Å²) in [4.78, 5) is 42.6. The van der Waals surface area contributed by atoms with Crippen LogP contribution in [0.25, 0.3) is 0 Å². The molecule has 47 heavy (non-hydrogen) atoms. The quantitative estimate of drug-likeness (QED) is 0.0282. The molecule has 0 aliphatic rings. The van der Waals surface area contributed by atoms with E-state index in [1.54, 1.807) is 0 Å². The maximum atomic E-state index is 12.3. The van der Waals surface area contributed by atoms with Gasteiger partial charge in [0.2, 0.25) is 0 Å². The van der Waals surface area contributed by atoms with Crippen molar-refractivity contribution in [2.24, 2.45) is 5.92 Å². The SMILES string of the molecule is CC(C)CCCCCCCCCCC(=O)O[C@H](COC(=O)CCC/C=C\C/C=C\C/C=C\C/C=C\CCC[C@@H](C)O)COP(=O)(O)O. The molecule has 3 N–H and O–H groups in total. The second-order valence-electron chi connectivity index (χ2n) is 12.6. The molecule has 0 spiro atoms. The summed E-state index contributed by atoms with van der Waals surface area (Å²) in [6, 6.07) is 0. The molecule has 0 aromatic carbocycles. The van der Waals surface area contributed by atoms with Gasteiger partial charge >= 0.3 is 19.8 Å². The van der Waals surface area contributed by atoms with Crippen LogP contribution in [-0.4, -0.2) is 52.3 Å². The van der Waals surface area contributed by atoms with E-state index in [0.717, 1.165) is 63.7 Å². The number of ether oxygens (including phenoxy) is 2. The van der Waals surface area contributed by atoms with E-state index in [-0.39, 0.29) is 25.6 Å². The molecule has 0 rings (SSSR count). The summed E-state index contributed by atoms with van der Waals surface area (Å²) >= 11 is 0. The molecule has 0 aromatic heterocycles. The second-order valence-corrected chi connectivity index (χ2v) is 13.8. The average molecular weight is 685 g/mol. The van der Waals surface area contributed by atoms with Gasteiger partial charge in [-0.1, -0.05) is 114 Å². The molecular weight excluding hydrogens is 619 g/mol. The highest BCUT2D eigenvalue weighted by atomic mass is 31.2. The van der Waals surface area contributed by atoms with Crippen LogP contribution in [0.5, 0.6) is 0 Å². The Morgan fingerprint density at radius 2 is 1.11 bits per heavy atom. The predicted octanol–water partition coefficient (Wildman–Crippen LogP) is 9.22. The van der Waals surface area contributed by atoms with E-state index in [4.69, 9.17) is 19.3 Å². The molecule has 0 amide bonds. The van der Waals surface area contributed by atoms with Gasteiger partial charge < -0.3 is 24.4 Å². The number of aliphatic hydroxyl groups excluding tert-OH is 1. The number of esters is 2. The summed E-state index contributed by atoms with van der Waals surface area (Å²) in [5.41, 5.74) is 0. The van der Waals surface area contributed by atoms with Crippen LogP contribution in [0.2, 0.25) is 0 Å². The number of allylic oxidation sites excluding steroid dienone is 8. The van der Waals surface area contributed by atoms with Crippen LogP contribution < -0.4 is 0 Å². The maximum Gasteiger partial charge on any atom is 0.469 e. The fourth-order valence-electron chi connectivity index (χ4n) is 4.63. The number of phosphoric acid groups is 1. The van der Waals surface area contributed by atoms with E-state index < -0.39 is 32.5 Å². The van der Waals surface area contributed by atoms with Gasteiger partial charge in [-0.05, 0) is 70.6 Å². The van der Waals surface area contributed by atoms with Crippen molar-refractivity contribution in [2.45, 2.75) is 155 Å². The molecule has 0 heterocycles. The highest BCUT2D eigenvalue weighted by molar-refractivity contribution is 7.46. The van der Waals surface area contributed by atoms with Gasteiger partial charge in [-0.25, -0.2) is 4.57 Å². The molecular formula is C37H65O9P. The third-order valence-electron chi connectivity index (χ3n) is 7.30. The maximum absolute atomic E-state index is 12.3. The van der Waals surface area contributed by atoms with Gasteiger partial charge in [-0.15, -0.1) is 0 Å². The summed E-state index contributed by atoms with van der Waals surface area (Å²) in [7, 11) is -4.77. The van der Waals surface area contributed by atoms with Crippen LogP contribution in [-0.2, 0) is 28.2 Å². The Balaban J connectivity index is 4.10. The number of carbonyl (C=O) groups excluding carboxylic acids is 2. The molecule has 2 atom stereocenters. The van der Waals surface area contributed by atoms with Crippen molar-refractivity contribution in [2.75, 3.05) is 13.2 Å². The van der Waals surface area contributed by atoms with E-state index in [0.29, 0.717) is 19.3 Å². The first kappa shape index (κ1) is 45.0. The summed E-state index contributed by atoms with van der Waals surface area (Å²) < 4.78 is 26.2. The van der Waals surface area contributed by atoms with Crippen LogP contribution in [0, 0.1) is 5.92 Å². The second kappa shape index (κ2) is 31.3. The largest absolute Gasteiger partial charge is 0.469 e. The van der Waals surface area contributed by atoms with Crippen molar-refractivity contribution in [1.29, 1.82) is 0 Å². The Morgan fingerprint density at radius 3 is 1.64 bits per heavy atom. The highest BCUT2D eigenvalue weighted by Crippen LogP contribution is 2.36. The number of phosphoric ester groups is 1. The monoisotopic (exact) mass is 684 g/mol. The lowest BCUT2D eigenvalue weighted by Crippen LogP contribution is -2.29. The zero-order chi connectivity index (χ0) is 35.0. The number of unbranched alkanes of at least 4 members (excludes halogenated alkanes) is 9. The number of aliphatic hydroxyl groups is 1. The van der Waals surface area contributed by atoms with Crippen molar-refractivity contribution in [1.82, 2.24) is 0 Å². The normalized spacial score (nSPS) is 13.9. The van der Waals surface area contributed by atoms with E-state index in [2.05, 4.69) is 54.8 Å². The number of carbonyl (C=O) groups is 2. The minimum atomic E-state index is -4.77. The summed E-state index contributed by atoms with van der Waals surface area (Å²) in [6.07, 6.45) is 32.7. The lowest BCUT2D eigenvalue weighted by atomic mass is 10.0.